The van der Waals surface area contributed by atoms with Gasteiger partial charge in [0.15, 0.2) is 0 Å². The van der Waals surface area contributed by atoms with E-state index in [-0.39, 0.29) is 0 Å². The zero-order chi connectivity index (χ0) is 14.8. The van der Waals surface area contributed by atoms with Crippen molar-refractivity contribution in [1.29, 1.82) is 0 Å². The molecule has 1 nitrogen and oxygen atoms in total. The third-order valence-corrected chi connectivity index (χ3v) is 3.74. The van der Waals surface area contributed by atoms with E-state index in [4.69, 9.17) is 0 Å². The van der Waals surface area contributed by atoms with Crippen LogP contribution in [0.2, 0.25) is 0 Å². The van der Waals surface area contributed by atoms with Gasteiger partial charge in [-0.3, -0.25) is 0 Å². The van der Waals surface area contributed by atoms with E-state index in [1.165, 1.54) is 18.9 Å². The molecule has 0 radical (unpaired) electrons. The maximum atomic E-state index is 13.5. The van der Waals surface area contributed by atoms with Crippen molar-refractivity contribution in [2.75, 3.05) is 6.54 Å². The standard InChI is InChI=1S/C15H19F4N/c1-2-20-14(11-5-6-11)8-4-10-3-7-12(13(16)9-10)15(17,18)19/h3,7,9,11,14,20H,2,4-6,8H2,1H3. The predicted molar refractivity (Wildman–Crippen MR) is 69.9 cm³/mol. The van der Waals surface area contributed by atoms with E-state index in [0.29, 0.717) is 23.9 Å². The number of hydrogen-bond acceptors (Lipinski definition) is 1. The van der Waals surface area contributed by atoms with Crippen LogP contribution in [0.15, 0.2) is 18.2 Å². The summed E-state index contributed by atoms with van der Waals surface area (Å²) < 4.78 is 50.8. The maximum absolute atomic E-state index is 13.5. The van der Waals surface area contributed by atoms with Crippen molar-refractivity contribution in [3.05, 3.63) is 35.1 Å². The fourth-order valence-electron chi connectivity index (χ4n) is 2.53. The van der Waals surface area contributed by atoms with Gasteiger partial charge in [-0.15, -0.1) is 0 Å². The fourth-order valence-corrected chi connectivity index (χ4v) is 2.53. The third kappa shape index (κ3) is 3.95. The van der Waals surface area contributed by atoms with E-state index >= 15 is 0 Å². The molecule has 1 aliphatic rings. The molecule has 5 heteroatoms. The second-order valence-corrected chi connectivity index (χ2v) is 5.35. The molecule has 0 aromatic heterocycles. The Bertz CT molecular complexity index is 452. The number of rotatable bonds is 6. The lowest BCUT2D eigenvalue weighted by Gasteiger charge is -2.17. The van der Waals surface area contributed by atoms with Crippen molar-refractivity contribution in [1.82, 2.24) is 5.32 Å². The van der Waals surface area contributed by atoms with E-state index in [0.717, 1.165) is 25.1 Å². The van der Waals surface area contributed by atoms with Gasteiger partial charge in [0.05, 0.1) is 5.56 Å². The topological polar surface area (TPSA) is 12.0 Å². The molecule has 20 heavy (non-hydrogen) atoms. The molecule has 0 bridgehead atoms. The lowest BCUT2D eigenvalue weighted by molar-refractivity contribution is -0.140. The van der Waals surface area contributed by atoms with Crippen LogP contribution < -0.4 is 5.32 Å². The van der Waals surface area contributed by atoms with Gasteiger partial charge in [0.2, 0.25) is 0 Å². The van der Waals surface area contributed by atoms with Gasteiger partial charge >= 0.3 is 6.18 Å². The zero-order valence-electron chi connectivity index (χ0n) is 11.4. The van der Waals surface area contributed by atoms with Gasteiger partial charge in [-0.2, -0.15) is 13.2 Å². The Balaban J connectivity index is 1.98. The number of alkyl halides is 3. The van der Waals surface area contributed by atoms with Crippen molar-refractivity contribution in [2.45, 2.75) is 44.8 Å². The van der Waals surface area contributed by atoms with Gasteiger partial charge in [0.1, 0.15) is 5.82 Å². The molecule has 0 saturated heterocycles. The Morgan fingerprint density at radius 1 is 1.30 bits per heavy atom. The third-order valence-electron chi connectivity index (χ3n) is 3.74. The van der Waals surface area contributed by atoms with E-state index in [9.17, 15) is 17.6 Å². The average molecular weight is 289 g/mol. The van der Waals surface area contributed by atoms with Gasteiger partial charge in [0, 0.05) is 6.04 Å². The quantitative estimate of drug-likeness (QED) is 0.775. The van der Waals surface area contributed by atoms with Gasteiger partial charge in [-0.05, 0) is 55.8 Å². The summed E-state index contributed by atoms with van der Waals surface area (Å²) in [4.78, 5) is 0. The van der Waals surface area contributed by atoms with Crippen LogP contribution in [0.5, 0.6) is 0 Å². The molecule has 1 aliphatic carbocycles. The van der Waals surface area contributed by atoms with Crippen LogP contribution in [0.1, 0.15) is 37.3 Å². The molecular formula is C15H19F4N. The first kappa shape index (κ1) is 15.3. The monoisotopic (exact) mass is 289 g/mol. The lowest BCUT2D eigenvalue weighted by Crippen LogP contribution is -2.31. The molecule has 1 N–H and O–H groups in total. The highest BCUT2D eigenvalue weighted by Crippen LogP contribution is 2.35. The molecule has 0 amide bonds. The molecule has 1 aromatic rings. The van der Waals surface area contributed by atoms with Crippen molar-refractivity contribution in [3.63, 3.8) is 0 Å². The van der Waals surface area contributed by atoms with Crippen molar-refractivity contribution >= 4 is 0 Å². The number of benzene rings is 1. The molecule has 1 atom stereocenters. The summed E-state index contributed by atoms with van der Waals surface area (Å²) in [7, 11) is 0. The first-order valence-corrected chi connectivity index (χ1v) is 7.00. The van der Waals surface area contributed by atoms with Crippen LogP contribution >= 0.6 is 0 Å². The Kier molecular flexibility index (Phi) is 4.68. The highest BCUT2D eigenvalue weighted by molar-refractivity contribution is 5.26. The van der Waals surface area contributed by atoms with Crippen LogP contribution in [0.4, 0.5) is 17.6 Å². The van der Waals surface area contributed by atoms with Crippen LogP contribution in [0.3, 0.4) is 0 Å². The Hall–Kier alpha value is -1.10. The molecule has 0 aliphatic heterocycles. The van der Waals surface area contributed by atoms with Crippen LogP contribution in [-0.2, 0) is 12.6 Å². The number of halogens is 4. The average Bonchev–Trinajstić information content (AvgIpc) is 3.17. The Morgan fingerprint density at radius 3 is 2.50 bits per heavy atom. The Morgan fingerprint density at radius 2 is 2.00 bits per heavy atom. The van der Waals surface area contributed by atoms with Crippen LogP contribution in [0, 0.1) is 11.7 Å². The minimum atomic E-state index is -4.62. The van der Waals surface area contributed by atoms with Gasteiger partial charge in [0.25, 0.3) is 0 Å². The number of aryl methyl sites for hydroxylation is 1. The van der Waals surface area contributed by atoms with Crippen molar-refractivity contribution < 1.29 is 17.6 Å². The first-order chi connectivity index (χ1) is 9.41. The summed E-state index contributed by atoms with van der Waals surface area (Å²) in [6, 6.07) is 3.62. The SMILES string of the molecule is CCNC(CCc1ccc(C(F)(F)F)c(F)c1)C1CC1. The van der Waals surface area contributed by atoms with E-state index < -0.39 is 17.6 Å². The predicted octanol–water partition coefficient (Wildman–Crippen LogP) is 4.17. The lowest BCUT2D eigenvalue weighted by atomic mass is 10.0. The van der Waals surface area contributed by atoms with Crippen molar-refractivity contribution in [2.24, 2.45) is 5.92 Å². The summed E-state index contributed by atoms with van der Waals surface area (Å²) >= 11 is 0. The number of nitrogens with one attached hydrogen (secondary N) is 1. The van der Waals surface area contributed by atoms with E-state index in [1.54, 1.807) is 0 Å². The van der Waals surface area contributed by atoms with Crippen LogP contribution in [-0.4, -0.2) is 12.6 Å². The minimum Gasteiger partial charge on any atom is -0.314 e. The highest BCUT2D eigenvalue weighted by Gasteiger charge is 2.34. The molecule has 1 unspecified atom stereocenters. The smallest absolute Gasteiger partial charge is 0.314 e. The van der Waals surface area contributed by atoms with Gasteiger partial charge < -0.3 is 5.32 Å². The number of hydrogen-bond donors (Lipinski definition) is 1. The summed E-state index contributed by atoms with van der Waals surface area (Å²) in [5.41, 5.74) is -0.564. The molecule has 1 aromatic carbocycles. The molecule has 1 fully saturated rings. The molecule has 112 valence electrons. The summed E-state index contributed by atoms with van der Waals surface area (Å²) in [5, 5.41) is 3.39. The van der Waals surface area contributed by atoms with E-state index in [2.05, 4.69) is 5.32 Å². The van der Waals surface area contributed by atoms with E-state index in [1.807, 2.05) is 6.92 Å². The molecule has 1 saturated carbocycles. The highest BCUT2D eigenvalue weighted by atomic mass is 19.4. The van der Waals surface area contributed by atoms with Gasteiger partial charge in [-0.1, -0.05) is 13.0 Å². The molecule has 2 rings (SSSR count). The zero-order valence-corrected chi connectivity index (χ0v) is 11.4. The normalized spacial score (nSPS) is 17.2. The molecule has 0 heterocycles. The maximum Gasteiger partial charge on any atom is 0.419 e. The Labute approximate surface area is 116 Å². The molecule has 0 spiro atoms. The fraction of sp³-hybridized carbons (Fsp3) is 0.600. The second kappa shape index (κ2) is 6.12. The summed E-state index contributed by atoms with van der Waals surface area (Å²) in [6.45, 7) is 2.91. The van der Waals surface area contributed by atoms with Gasteiger partial charge in [-0.25, -0.2) is 4.39 Å². The molecular weight excluding hydrogens is 270 g/mol. The summed E-state index contributed by atoms with van der Waals surface area (Å²) in [5.74, 6) is -0.504. The second-order valence-electron chi connectivity index (χ2n) is 5.35. The minimum absolute atomic E-state index is 0.394. The van der Waals surface area contributed by atoms with Crippen LogP contribution in [0.25, 0.3) is 0 Å². The largest absolute Gasteiger partial charge is 0.419 e. The first-order valence-electron chi connectivity index (χ1n) is 7.00. The summed E-state index contributed by atoms with van der Waals surface area (Å²) in [6.07, 6.45) is -0.770. The van der Waals surface area contributed by atoms with Crippen molar-refractivity contribution in [3.8, 4) is 0 Å².